The summed E-state index contributed by atoms with van der Waals surface area (Å²) in [5.74, 6) is -0.454. The van der Waals surface area contributed by atoms with Gasteiger partial charge in [0.15, 0.2) is 0 Å². The van der Waals surface area contributed by atoms with E-state index in [1.54, 1.807) is 7.05 Å². The highest BCUT2D eigenvalue weighted by Gasteiger charge is 2.28. The molecule has 5 nitrogen and oxygen atoms in total. The van der Waals surface area contributed by atoms with Gasteiger partial charge >= 0.3 is 12.1 Å². The van der Waals surface area contributed by atoms with Crippen LogP contribution < -0.4 is 0 Å². The van der Waals surface area contributed by atoms with Crippen LogP contribution in [0.4, 0.5) is 4.79 Å². The average molecular weight is 279 g/mol. The second-order valence-corrected chi connectivity index (χ2v) is 4.45. The highest BCUT2D eigenvalue weighted by Crippen LogP contribution is 2.10. The van der Waals surface area contributed by atoms with Gasteiger partial charge < -0.3 is 9.47 Å². The minimum absolute atomic E-state index is 0.336. The van der Waals surface area contributed by atoms with Crippen molar-refractivity contribution in [1.82, 2.24) is 4.90 Å². The Balaban J connectivity index is 2.78. The molecule has 1 amide bonds. The van der Waals surface area contributed by atoms with Crippen molar-refractivity contribution < 1.29 is 19.1 Å². The number of benzene rings is 1. The van der Waals surface area contributed by atoms with Gasteiger partial charge in [-0.15, -0.1) is 0 Å². The summed E-state index contributed by atoms with van der Waals surface area (Å²) in [4.78, 5) is 25.0. The van der Waals surface area contributed by atoms with Gasteiger partial charge in [-0.3, -0.25) is 4.90 Å². The molecule has 0 aliphatic rings. The number of carbonyl (C=O) groups is 2. The number of methoxy groups -OCH3 is 1. The van der Waals surface area contributed by atoms with Gasteiger partial charge in [-0.1, -0.05) is 37.3 Å². The van der Waals surface area contributed by atoms with E-state index in [4.69, 9.17) is 9.47 Å². The van der Waals surface area contributed by atoms with Crippen LogP contribution in [-0.4, -0.2) is 43.8 Å². The molecule has 0 spiro atoms. The zero-order chi connectivity index (χ0) is 15.0. The molecule has 1 rings (SSSR count). The van der Waals surface area contributed by atoms with Crippen molar-refractivity contribution in [2.75, 3.05) is 20.8 Å². The van der Waals surface area contributed by atoms with Crippen LogP contribution >= 0.6 is 0 Å². The van der Waals surface area contributed by atoms with Gasteiger partial charge in [-0.05, 0) is 12.0 Å². The van der Waals surface area contributed by atoms with Gasteiger partial charge in [0, 0.05) is 13.5 Å². The lowest BCUT2D eigenvalue weighted by atomic mass is 10.1. The van der Waals surface area contributed by atoms with Crippen molar-refractivity contribution in [3.05, 3.63) is 35.9 Å². The molecule has 0 fully saturated rings. The van der Waals surface area contributed by atoms with Crippen LogP contribution in [0.15, 0.2) is 30.3 Å². The number of likely N-dealkylation sites (N-methyl/N-ethyl adjacent to an activating group) is 1. The summed E-state index contributed by atoms with van der Waals surface area (Å²) in [6.45, 7) is 2.25. The van der Waals surface area contributed by atoms with Gasteiger partial charge in [-0.2, -0.15) is 0 Å². The van der Waals surface area contributed by atoms with Crippen molar-refractivity contribution in [2.24, 2.45) is 0 Å². The number of hydrogen-bond donors (Lipinski definition) is 0. The average Bonchev–Trinajstić information content (AvgIpc) is 2.49. The lowest BCUT2D eigenvalue weighted by molar-refractivity contribution is -0.145. The first-order valence-electron chi connectivity index (χ1n) is 6.61. The van der Waals surface area contributed by atoms with Crippen LogP contribution in [0.5, 0.6) is 0 Å². The molecule has 0 saturated heterocycles. The molecular formula is C15H21NO4. The maximum atomic E-state index is 11.9. The van der Waals surface area contributed by atoms with Crippen molar-refractivity contribution in [2.45, 2.75) is 25.8 Å². The molecule has 0 radical (unpaired) electrons. The van der Waals surface area contributed by atoms with E-state index in [0.29, 0.717) is 13.0 Å². The molecule has 0 aliphatic carbocycles. The third kappa shape index (κ3) is 4.57. The molecule has 110 valence electrons. The van der Waals surface area contributed by atoms with E-state index in [-0.39, 0.29) is 0 Å². The maximum absolute atomic E-state index is 11.9. The second-order valence-electron chi connectivity index (χ2n) is 4.45. The highest BCUT2D eigenvalue weighted by atomic mass is 16.6. The van der Waals surface area contributed by atoms with Gasteiger partial charge in [-0.25, -0.2) is 9.59 Å². The van der Waals surface area contributed by atoms with E-state index in [1.807, 2.05) is 37.3 Å². The number of rotatable bonds is 6. The van der Waals surface area contributed by atoms with Crippen molar-refractivity contribution in [3.8, 4) is 0 Å². The first-order valence-corrected chi connectivity index (χ1v) is 6.61. The van der Waals surface area contributed by atoms with E-state index in [1.165, 1.54) is 12.0 Å². The summed E-state index contributed by atoms with van der Waals surface area (Å²) >= 11 is 0. The van der Waals surface area contributed by atoms with E-state index in [9.17, 15) is 9.59 Å². The van der Waals surface area contributed by atoms with Crippen LogP contribution in [0.2, 0.25) is 0 Å². The van der Waals surface area contributed by atoms with Crippen LogP contribution in [0.1, 0.15) is 18.9 Å². The number of amides is 1. The molecule has 0 N–H and O–H groups in total. The monoisotopic (exact) mass is 279 g/mol. The van der Waals surface area contributed by atoms with Crippen molar-refractivity contribution in [3.63, 3.8) is 0 Å². The number of esters is 1. The fraction of sp³-hybridized carbons (Fsp3) is 0.467. The summed E-state index contributed by atoms with van der Waals surface area (Å²) in [6.07, 6.45) is 0.616. The lowest BCUT2D eigenvalue weighted by Crippen LogP contribution is -2.44. The zero-order valence-electron chi connectivity index (χ0n) is 12.2. The van der Waals surface area contributed by atoms with E-state index in [2.05, 4.69) is 0 Å². The fourth-order valence-corrected chi connectivity index (χ4v) is 1.77. The molecule has 1 atom stereocenters. The molecule has 0 aromatic heterocycles. The number of carbonyl (C=O) groups excluding carboxylic acids is 2. The Labute approximate surface area is 119 Å². The SMILES string of the molecule is CCCOC(=O)N(C)[C@@H](Cc1ccccc1)C(=O)OC. The third-order valence-electron chi connectivity index (χ3n) is 2.93. The Morgan fingerprint density at radius 1 is 1.25 bits per heavy atom. The summed E-state index contributed by atoms with van der Waals surface area (Å²) in [6, 6.07) is 8.79. The molecule has 0 unspecified atom stereocenters. The standard InChI is InChI=1S/C15H21NO4/c1-4-10-20-15(18)16(2)13(14(17)19-3)11-12-8-6-5-7-9-12/h5-9,13H,4,10-11H2,1-3H3/t13-/m0/s1. The van der Waals surface area contributed by atoms with Crippen LogP contribution in [-0.2, 0) is 20.7 Å². The molecular weight excluding hydrogens is 258 g/mol. The van der Waals surface area contributed by atoms with E-state index in [0.717, 1.165) is 12.0 Å². The predicted molar refractivity (Wildman–Crippen MR) is 75.4 cm³/mol. The lowest BCUT2D eigenvalue weighted by Gasteiger charge is -2.25. The molecule has 1 aromatic rings. The Morgan fingerprint density at radius 2 is 1.90 bits per heavy atom. The number of ether oxygens (including phenoxy) is 2. The number of nitrogens with zero attached hydrogens (tertiary/aromatic N) is 1. The largest absolute Gasteiger partial charge is 0.467 e. The van der Waals surface area contributed by atoms with E-state index >= 15 is 0 Å². The molecule has 0 saturated carbocycles. The molecule has 1 aromatic carbocycles. The Morgan fingerprint density at radius 3 is 2.45 bits per heavy atom. The molecule has 0 aliphatic heterocycles. The first-order chi connectivity index (χ1) is 9.60. The van der Waals surface area contributed by atoms with E-state index < -0.39 is 18.1 Å². The van der Waals surface area contributed by atoms with Crippen molar-refractivity contribution in [1.29, 1.82) is 0 Å². The highest BCUT2D eigenvalue weighted by molar-refractivity contribution is 5.81. The fourth-order valence-electron chi connectivity index (χ4n) is 1.77. The van der Waals surface area contributed by atoms with Crippen LogP contribution in [0.3, 0.4) is 0 Å². The minimum Gasteiger partial charge on any atom is -0.467 e. The summed E-state index contributed by atoms with van der Waals surface area (Å²) in [5, 5.41) is 0. The quantitative estimate of drug-likeness (QED) is 0.749. The topological polar surface area (TPSA) is 55.8 Å². The van der Waals surface area contributed by atoms with Crippen LogP contribution in [0, 0.1) is 0 Å². The van der Waals surface area contributed by atoms with Crippen LogP contribution in [0.25, 0.3) is 0 Å². The molecule has 0 heterocycles. The smallest absolute Gasteiger partial charge is 0.410 e. The normalized spacial score (nSPS) is 11.6. The zero-order valence-corrected chi connectivity index (χ0v) is 12.2. The minimum atomic E-state index is -0.688. The van der Waals surface area contributed by atoms with Gasteiger partial charge in [0.05, 0.1) is 13.7 Å². The summed E-state index contributed by atoms with van der Waals surface area (Å²) in [5.41, 5.74) is 0.957. The summed E-state index contributed by atoms with van der Waals surface area (Å²) in [7, 11) is 2.86. The number of hydrogen-bond acceptors (Lipinski definition) is 4. The Hall–Kier alpha value is -2.04. The predicted octanol–water partition coefficient (Wildman–Crippen LogP) is 2.25. The maximum Gasteiger partial charge on any atom is 0.410 e. The molecule has 20 heavy (non-hydrogen) atoms. The Kier molecular flexibility index (Phi) is 6.56. The van der Waals surface area contributed by atoms with Gasteiger partial charge in [0.25, 0.3) is 0 Å². The van der Waals surface area contributed by atoms with Gasteiger partial charge in [0.1, 0.15) is 6.04 Å². The third-order valence-corrected chi connectivity index (χ3v) is 2.93. The van der Waals surface area contributed by atoms with Gasteiger partial charge in [0.2, 0.25) is 0 Å². The molecule has 0 bridgehead atoms. The molecule has 5 heteroatoms. The van der Waals surface area contributed by atoms with Crippen molar-refractivity contribution >= 4 is 12.1 Å². The Bertz CT molecular complexity index is 433. The second kappa shape index (κ2) is 8.19. The summed E-state index contributed by atoms with van der Waals surface area (Å²) < 4.78 is 9.82. The first kappa shape index (κ1) is 16.0.